The third kappa shape index (κ3) is 5.70. The van der Waals surface area contributed by atoms with Crippen molar-refractivity contribution in [2.75, 3.05) is 10.6 Å². The highest BCUT2D eigenvalue weighted by atomic mass is 14.9. The van der Waals surface area contributed by atoms with E-state index in [4.69, 9.17) is 0 Å². The van der Waals surface area contributed by atoms with Crippen molar-refractivity contribution in [3.05, 3.63) is 181 Å². The molecule has 8 aromatic rings. The molecule has 0 aliphatic rings. The number of hydrogen-bond acceptors (Lipinski definition) is 2. The number of fused-ring (bicyclic) bond motifs is 2. The topological polar surface area (TPSA) is 24.1 Å². The molecule has 0 fully saturated rings. The van der Waals surface area contributed by atoms with Crippen LogP contribution in [0.15, 0.2) is 170 Å². The van der Waals surface area contributed by atoms with Crippen LogP contribution in [0, 0.1) is 13.8 Å². The minimum absolute atomic E-state index is 1.06. The van der Waals surface area contributed by atoms with Crippen molar-refractivity contribution in [1.29, 1.82) is 0 Å². The fourth-order valence-corrected chi connectivity index (χ4v) is 6.89. The molecule has 0 amide bonds. The normalized spacial score (nSPS) is 11.1. The second-order valence-electron chi connectivity index (χ2n) is 12.5. The molecule has 0 radical (unpaired) electrons. The summed E-state index contributed by atoms with van der Waals surface area (Å²) in [6.45, 7) is 4.26. The van der Waals surface area contributed by atoms with Crippen molar-refractivity contribution >= 4 is 44.3 Å². The van der Waals surface area contributed by atoms with Gasteiger partial charge in [0.15, 0.2) is 0 Å². The van der Waals surface area contributed by atoms with E-state index in [0.29, 0.717) is 0 Å². The van der Waals surface area contributed by atoms with Crippen LogP contribution in [0.1, 0.15) is 11.1 Å². The van der Waals surface area contributed by atoms with Gasteiger partial charge in [-0.2, -0.15) is 0 Å². The lowest BCUT2D eigenvalue weighted by atomic mass is 9.83. The van der Waals surface area contributed by atoms with E-state index in [2.05, 4.69) is 194 Å². The van der Waals surface area contributed by atoms with Crippen LogP contribution in [-0.4, -0.2) is 0 Å². The maximum atomic E-state index is 3.84. The first kappa shape index (κ1) is 29.3. The summed E-state index contributed by atoms with van der Waals surface area (Å²) in [5, 5.41) is 12.3. The van der Waals surface area contributed by atoms with Crippen LogP contribution < -0.4 is 10.6 Å². The maximum Gasteiger partial charge on any atom is 0.0470 e. The molecule has 0 aromatic heterocycles. The molecular formula is C46H36N2. The lowest BCUT2D eigenvalue weighted by molar-refractivity contribution is 1.44. The SMILES string of the molecule is Cc1cccc(Nc2ccc(-c3ccc(Nc4cccc(C)c4)c(-c4cccc5ccccc45)c3-c3cccc4ccccc34)cc2)c1. The van der Waals surface area contributed by atoms with Crippen LogP contribution in [0.4, 0.5) is 22.7 Å². The summed E-state index contributed by atoms with van der Waals surface area (Å²) < 4.78 is 0. The van der Waals surface area contributed by atoms with Crippen molar-refractivity contribution < 1.29 is 0 Å². The van der Waals surface area contributed by atoms with Crippen molar-refractivity contribution in [3.8, 4) is 33.4 Å². The highest BCUT2D eigenvalue weighted by Crippen LogP contribution is 2.48. The molecule has 2 nitrogen and oxygen atoms in total. The van der Waals surface area contributed by atoms with E-state index in [9.17, 15) is 0 Å². The molecule has 2 heteroatoms. The second kappa shape index (κ2) is 12.6. The quantitative estimate of drug-likeness (QED) is 0.186. The standard InChI is InChI=1S/C46H36N2/c1-31-11-7-17-37(29-31)47-36-25-23-35(24-26-36)41-27-28-44(48-38-18-8-12-32(2)30-38)46(43-22-10-16-34-14-4-6-20-40(34)43)45(41)42-21-9-15-33-13-3-5-19-39(33)42/h3-30,47-48H,1-2H3. The fraction of sp³-hybridized carbons (Fsp3) is 0.0435. The van der Waals surface area contributed by atoms with Crippen LogP contribution in [0.5, 0.6) is 0 Å². The van der Waals surface area contributed by atoms with Gasteiger partial charge in [-0.3, -0.25) is 0 Å². The summed E-state index contributed by atoms with van der Waals surface area (Å²) in [5.74, 6) is 0. The summed E-state index contributed by atoms with van der Waals surface area (Å²) in [5.41, 5.74) is 13.9. The average Bonchev–Trinajstić information content (AvgIpc) is 3.11. The summed E-state index contributed by atoms with van der Waals surface area (Å²) >= 11 is 0. The van der Waals surface area contributed by atoms with Crippen LogP contribution in [0.2, 0.25) is 0 Å². The molecule has 0 aliphatic heterocycles. The zero-order chi connectivity index (χ0) is 32.5. The van der Waals surface area contributed by atoms with Crippen molar-refractivity contribution in [3.63, 3.8) is 0 Å². The van der Waals surface area contributed by atoms with Crippen molar-refractivity contribution in [2.24, 2.45) is 0 Å². The fourth-order valence-electron chi connectivity index (χ4n) is 6.89. The number of anilines is 4. The Morgan fingerprint density at radius 3 is 1.48 bits per heavy atom. The maximum absolute atomic E-state index is 3.84. The second-order valence-corrected chi connectivity index (χ2v) is 12.5. The molecule has 48 heavy (non-hydrogen) atoms. The minimum Gasteiger partial charge on any atom is -0.356 e. The molecule has 0 saturated heterocycles. The Hall–Kier alpha value is -6.12. The molecule has 8 rings (SSSR count). The third-order valence-corrected chi connectivity index (χ3v) is 9.12. The molecule has 2 N–H and O–H groups in total. The highest BCUT2D eigenvalue weighted by molar-refractivity contribution is 6.12. The van der Waals surface area contributed by atoms with Gasteiger partial charge in [-0.05, 0) is 111 Å². The molecule has 0 heterocycles. The smallest absolute Gasteiger partial charge is 0.0470 e. The van der Waals surface area contributed by atoms with E-state index in [1.54, 1.807) is 0 Å². The largest absolute Gasteiger partial charge is 0.356 e. The van der Waals surface area contributed by atoms with Crippen LogP contribution in [0.3, 0.4) is 0 Å². The summed E-state index contributed by atoms with van der Waals surface area (Å²) in [4.78, 5) is 0. The van der Waals surface area contributed by atoms with Gasteiger partial charge in [-0.1, -0.05) is 127 Å². The number of nitrogens with one attached hydrogen (secondary N) is 2. The van der Waals surface area contributed by atoms with Gasteiger partial charge < -0.3 is 10.6 Å². The Labute approximate surface area is 282 Å². The van der Waals surface area contributed by atoms with Crippen molar-refractivity contribution in [1.82, 2.24) is 0 Å². The predicted molar refractivity (Wildman–Crippen MR) is 207 cm³/mol. The van der Waals surface area contributed by atoms with Gasteiger partial charge in [0.2, 0.25) is 0 Å². The number of hydrogen-bond donors (Lipinski definition) is 2. The molecule has 0 unspecified atom stereocenters. The number of rotatable bonds is 7. The van der Waals surface area contributed by atoms with Crippen molar-refractivity contribution in [2.45, 2.75) is 13.8 Å². The molecular weight excluding hydrogens is 581 g/mol. The lowest BCUT2D eigenvalue weighted by Crippen LogP contribution is -1.99. The number of benzene rings is 8. The minimum atomic E-state index is 1.06. The van der Waals surface area contributed by atoms with E-state index in [1.165, 1.54) is 60.5 Å². The van der Waals surface area contributed by atoms with E-state index >= 15 is 0 Å². The van der Waals surface area contributed by atoms with E-state index in [-0.39, 0.29) is 0 Å². The Bertz CT molecular complexity index is 2410. The zero-order valence-corrected chi connectivity index (χ0v) is 27.2. The number of aryl methyl sites for hydroxylation is 2. The van der Waals surface area contributed by atoms with Gasteiger partial charge in [-0.15, -0.1) is 0 Å². The molecule has 0 spiro atoms. The van der Waals surface area contributed by atoms with Gasteiger partial charge >= 0.3 is 0 Å². The van der Waals surface area contributed by atoms with Gasteiger partial charge in [0.05, 0.1) is 0 Å². The zero-order valence-electron chi connectivity index (χ0n) is 27.2. The van der Waals surface area contributed by atoms with Crippen LogP contribution in [-0.2, 0) is 0 Å². The Morgan fingerprint density at radius 1 is 0.354 bits per heavy atom. The first-order valence-electron chi connectivity index (χ1n) is 16.5. The van der Waals surface area contributed by atoms with Crippen LogP contribution in [0.25, 0.3) is 54.9 Å². The van der Waals surface area contributed by atoms with Gasteiger partial charge in [0.25, 0.3) is 0 Å². The van der Waals surface area contributed by atoms with E-state index in [1.807, 2.05) is 0 Å². The molecule has 230 valence electrons. The van der Waals surface area contributed by atoms with E-state index in [0.717, 1.165) is 28.3 Å². The predicted octanol–water partition coefficient (Wildman–Crippen LogP) is 13.1. The average molecular weight is 617 g/mol. The molecule has 0 atom stereocenters. The highest BCUT2D eigenvalue weighted by Gasteiger charge is 2.21. The molecule has 0 bridgehead atoms. The monoisotopic (exact) mass is 616 g/mol. The Kier molecular flexibility index (Phi) is 7.68. The van der Waals surface area contributed by atoms with Gasteiger partial charge in [-0.25, -0.2) is 0 Å². The summed E-state index contributed by atoms with van der Waals surface area (Å²) in [6.07, 6.45) is 0. The van der Waals surface area contributed by atoms with Gasteiger partial charge in [0.1, 0.15) is 0 Å². The Balaban J connectivity index is 1.40. The molecule has 0 saturated carbocycles. The molecule has 8 aromatic carbocycles. The Morgan fingerprint density at radius 2 is 0.875 bits per heavy atom. The van der Waals surface area contributed by atoms with E-state index < -0.39 is 0 Å². The first-order chi connectivity index (χ1) is 23.6. The third-order valence-electron chi connectivity index (χ3n) is 9.12. The summed E-state index contributed by atoms with van der Waals surface area (Å²) in [7, 11) is 0. The van der Waals surface area contributed by atoms with Gasteiger partial charge in [0, 0.05) is 33.9 Å². The summed E-state index contributed by atoms with van der Waals surface area (Å²) in [6, 6.07) is 61.2. The molecule has 0 aliphatic carbocycles. The lowest BCUT2D eigenvalue weighted by Gasteiger charge is -2.23. The van der Waals surface area contributed by atoms with Crippen LogP contribution >= 0.6 is 0 Å². The first-order valence-corrected chi connectivity index (χ1v) is 16.5.